The van der Waals surface area contributed by atoms with Crippen LogP contribution < -0.4 is 5.32 Å². The molecule has 106 valence electrons. The molecule has 1 atom stereocenters. The summed E-state index contributed by atoms with van der Waals surface area (Å²) in [4.78, 5) is 13.1. The number of aliphatic hydroxyl groups excluding tert-OH is 1. The highest BCUT2D eigenvalue weighted by Crippen LogP contribution is 2.32. The first-order chi connectivity index (χ1) is 8.93. The summed E-state index contributed by atoms with van der Waals surface area (Å²) in [5, 5.41) is 12.4. The molecule has 0 aliphatic heterocycles. The highest BCUT2D eigenvalue weighted by atomic mass is 32.1. The molecule has 19 heavy (non-hydrogen) atoms. The number of thiophene rings is 1. The molecular weight excluding hydrogens is 272 g/mol. The number of aliphatic hydroxyl groups is 1. The van der Waals surface area contributed by atoms with Gasteiger partial charge in [0.1, 0.15) is 6.61 Å². The van der Waals surface area contributed by atoms with Crippen LogP contribution in [0, 0.1) is 5.92 Å². The summed E-state index contributed by atoms with van der Waals surface area (Å²) in [6.45, 7) is 0.0834. The van der Waals surface area contributed by atoms with Gasteiger partial charge in [0.2, 0.25) is 0 Å². The van der Waals surface area contributed by atoms with Crippen LogP contribution in [0.25, 0.3) is 0 Å². The van der Waals surface area contributed by atoms with Crippen molar-refractivity contribution in [2.45, 2.75) is 32.1 Å². The number of halogens is 2. The van der Waals surface area contributed by atoms with Crippen LogP contribution in [0.5, 0.6) is 0 Å². The van der Waals surface area contributed by atoms with Gasteiger partial charge in [0.05, 0.1) is 12.1 Å². The van der Waals surface area contributed by atoms with Crippen molar-refractivity contribution in [1.82, 2.24) is 5.32 Å². The van der Waals surface area contributed by atoms with Crippen molar-refractivity contribution in [1.29, 1.82) is 0 Å². The Labute approximate surface area is 114 Å². The molecule has 1 aliphatic rings. The molecule has 0 fully saturated rings. The van der Waals surface area contributed by atoms with Gasteiger partial charge in [-0.05, 0) is 30.7 Å². The number of amides is 1. The standard InChI is InChI=1S/C13H17F2NO2S/c1-8-2-3-9-10(5-19-11(9)4-8)12(18)16-6-13(14,15)7-17/h5,8,17H,2-4,6-7H2,1H3,(H,16,18). The van der Waals surface area contributed by atoms with E-state index in [0.29, 0.717) is 11.5 Å². The second-order valence-corrected chi connectivity index (χ2v) is 6.06. The minimum atomic E-state index is -3.26. The summed E-state index contributed by atoms with van der Waals surface area (Å²) < 4.78 is 25.8. The van der Waals surface area contributed by atoms with Crippen molar-refractivity contribution in [2.75, 3.05) is 13.2 Å². The van der Waals surface area contributed by atoms with E-state index >= 15 is 0 Å². The zero-order chi connectivity index (χ0) is 14.0. The van der Waals surface area contributed by atoms with Crippen LogP contribution in [0.15, 0.2) is 5.38 Å². The van der Waals surface area contributed by atoms with Gasteiger partial charge in [-0.3, -0.25) is 4.79 Å². The molecule has 1 aliphatic carbocycles. The van der Waals surface area contributed by atoms with E-state index in [-0.39, 0.29) is 0 Å². The van der Waals surface area contributed by atoms with Gasteiger partial charge in [0.25, 0.3) is 11.8 Å². The molecule has 1 aromatic heterocycles. The maximum atomic E-state index is 12.9. The molecule has 2 N–H and O–H groups in total. The Bertz CT molecular complexity index is 473. The van der Waals surface area contributed by atoms with Gasteiger partial charge in [-0.25, -0.2) is 8.78 Å². The van der Waals surface area contributed by atoms with E-state index in [9.17, 15) is 13.6 Å². The first-order valence-electron chi connectivity index (χ1n) is 6.29. The first kappa shape index (κ1) is 14.4. The fourth-order valence-corrected chi connectivity index (χ4v) is 3.47. The van der Waals surface area contributed by atoms with Gasteiger partial charge >= 0.3 is 0 Å². The Balaban J connectivity index is 2.05. The Morgan fingerprint density at radius 1 is 1.63 bits per heavy atom. The second-order valence-electron chi connectivity index (χ2n) is 5.10. The molecule has 3 nitrogen and oxygen atoms in total. The summed E-state index contributed by atoms with van der Waals surface area (Å²) in [5.41, 5.74) is 1.52. The van der Waals surface area contributed by atoms with Crippen LogP contribution in [0.1, 0.15) is 34.1 Å². The quantitative estimate of drug-likeness (QED) is 0.893. The predicted octanol–water partition coefficient (Wildman–Crippen LogP) is 2.23. The average Bonchev–Trinajstić information content (AvgIpc) is 2.79. The topological polar surface area (TPSA) is 49.3 Å². The molecule has 0 aromatic carbocycles. The van der Waals surface area contributed by atoms with Crippen molar-refractivity contribution >= 4 is 17.2 Å². The Morgan fingerprint density at radius 3 is 3.05 bits per heavy atom. The van der Waals surface area contributed by atoms with Crippen molar-refractivity contribution in [2.24, 2.45) is 5.92 Å². The SMILES string of the molecule is CC1CCc2c(C(=O)NCC(F)(F)CO)csc2C1. The fourth-order valence-electron chi connectivity index (χ4n) is 2.23. The van der Waals surface area contributed by atoms with Crippen LogP contribution in [0.2, 0.25) is 0 Å². The predicted molar refractivity (Wildman–Crippen MR) is 69.9 cm³/mol. The molecular formula is C13H17F2NO2S. The molecule has 0 spiro atoms. The number of hydrogen-bond acceptors (Lipinski definition) is 3. The van der Waals surface area contributed by atoms with E-state index in [0.717, 1.165) is 24.8 Å². The van der Waals surface area contributed by atoms with Crippen molar-refractivity contribution < 1.29 is 18.7 Å². The van der Waals surface area contributed by atoms with Gasteiger partial charge < -0.3 is 10.4 Å². The number of nitrogens with one attached hydrogen (secondary N) is 1. The van der Waals surface area contributed by atoms with Crippen molar-refractivity contribution in [3.05, 3.63) is 21.4 Å². The van der Waals surface area contributed by atoms with Crippen LogP contribution in [-0.2, 0) is 12.8 Å². The van der Waals surface area contributed by atoms with Crippen LogP contribution in [0.4, 0.5) is 8.78 Å². The first-order valence-corrected chi connectivity index (χ1v) is 7.17. The zero-order valence-corrected chi connectivity index (χ0v) is 11.5. The Morgan fingerprint density at radius 2 is 2.37 bits per heavy atom. The lowest BCUT2D eigenvalue weighted by Crippen LogP contribution is -2.39. The number of alkyl halides is 2. The third-order valence-electron chi connectivity index (χ3n) is 3.39. The van der Waals surface area contributed by atoms with Crippen LogP contribution in [-0.4, -0.2) is 30.1 Å². The number of rotatable bonds is 4. The van der Waals surface area contributed by atoms with Gasteiger partial charge in [0, 0.05) is 10.3 Å². The van der Waals surface area contributed by atoms with Gasteiger partial charge in [-0.1, -0.05) is 6.92 Å². The van der Waals surface area contributed by atoms with Crippen molar-refractivity contribution in [3.63, 3.8) is 0 Å². The monoisotopic (exact) mass is 289 g/mol. The molecule has 1 heterocycles. The molecule has 0 saturated carbocycles. The van der Waals surface area contributed by atoms with Crippen LogP contribution in [0.3, 0.4) is 0 Å². The molecule has 0 radical (unpaired) electrons. The summed E-state index contributed by atoms with van der Waals surface area (Å²) in [5.74, 6) is -3.12. The highest BCUT2D eigenvalue weighted by Gasteiger charge is 2.29. The molecule has 2 rings (SSSR count). The van der Waals surface area contributed by atoms with E-state index in [1.54, 1.807) is 5.38 Å². The smallest absolute Gasteiger partial charge is 0.287 e. The Kier molecular flexibility index (Phi) is 4.20. The maximum absolute atomic E-state index is 12.9. The highest BCUT2D eigenvalue weighted by molar-refractivity contribution is 7.10. The second kappa shape index (κ2) is 5.54. The summed E-state index contributed by atoms with van der Waals surface area (Å²) in [6, 6.07) is 0. The Hall–Kier alpha value is -1.01. The molecule has 1 unspecified atom stereocenters. The lowest BCUT2D eigenvalue weighted by molar-refractivity contribution is -0.0462. The molecule has 1 aromatic rings. The number of carbonyl (C=O) groups is 1. The van der Waals surface area contributed by atoms with Crippen molar-refractivity contribution in [3.8, 4) is 0 Å². The van der Waals surface area contributed by atoms with E-state index in [4.69, 9.17) is 5.11 Å². The minimum Gasteiger partial charge on any atom is -0.390 e. The molecule has 0 bridgehead atoms. The third kappa shape index (κ3) is 3.30. The minimum absolute atomic E-state index is 0.472. The maximum Gasteiger partial charge on any atom is 0.287 e. The number of hydrogen-bond donors (Lipinski definition) is 2. The lowest BCUT2D eigenvalue weighted by atomic mass is 9.88. The normalized spacial score (nSPS) is 19.1. The number of carbonyl (C=O) groups excluding carboxylic acids is 1. The molecule has 1 amide bonds. The summed E-state index contributed by atoms with van der Waals surface area (Å²) in [6.07, 6.45) is 2.82. The molecule has 6 heteroatoms. The largest absolute Gasteiger partial charge is 0.390 e. The summed E-state index contributed by atoms with van der Waals surface area (Å²) >= 11 is 1.53. The van der Waals surface area contributed by atoms with E-state index in [1.165, 1.54) is 16.2 Å². The van der Waals surface area contributed by atoms with Gasteiger partial charge in [-0.15, -0.1) is 11.3 Å². The number of fused-ring (bicyclic) bond motifs is 1. The van der Waals surface area contributed by atoms with Crippen LogP contribution >= 0.6 is 11.3 Å². The average molecular weight is 289 g/mol. The van der Waals surface area contributed by atoms with E-state index < -0.39 is 25.0 Å². The van der Waals surface area contributed by atoms with E-state index in [1.807, 2.05) is 0 Å². The lowest BCUT2D eigenvalue weighted by Gasteiger charge is -2.19. The van der Waals surface area contributed by atoms with Gasteiger partial charge in [-0.2, -0.15) is 0 Å². The summed E-state index contributed by atoms with van der Waals surface area (Å²) in [7, 11) is 0. The van der Waals surface area contributed by atoms with Gasteiger partial charge in [0.15, 0.2) is 0 Å². The molecule has 0 saturated heterocycles. The van der Waals surface area contributed by atoms with E-state index in [2.05, 4.69) is 12.2 Å². The third-order valence-corrected chi connectivity index (χ3v) is 4.44. The fraction of sp³-hybridized carbons (Fsp3) is 0.615. The zero-order valence-electron chi connectivity index (χ0n) is 10.7.